The molecule has 0 aliphatic heterocycles. The van der Waals surface area contributed by atoms with Gasteiger partial charge < -0.3 is 4.42 Å². The van der Waals surface area contributed by atoms with Crippen LogP contribution >= 0.6 is 0 Å². The molecule has 0 bridgehead atoms. The Labute approximate surface area is 104 Å². The fourth-order valence-electron chi connectivity index (χ4n) is 1.39. The molecule has 0 aliphatic carbocycles. The third kappa shape index (κ3) is 3.56. The predicted octanol–water partition coefficient (Wildman–Crippen LogP) is 3.71. The second kappa shape index (κ2) is 5.77. The summed E-state index contributed by atoms with van der Waals surface area (Å²) in [6, 6.07) is 9.53. The van der Waals surface area contributed by atoms with Crippen molar-refractivity contribution < 1.29 is 13.6 Å². The van der Waals surface area contributed by atoms with Crippen LogP contribution in [0.5, 0.6) is 0 Å². The molecule has 0 N–H and O–H groups in total. The highest BCUT2D eigenvalue weighted by molar-refractivity contribution is 6.04. The Morgan fingerprint density at radius 3 is 2.67 bits per heavy atom. The summed E-state index contributed by atoms with van der Waals surface area (Å²) >= 11 is 0. The Balaban J connectivity index is 1.99. The lowest BCUT2D eigenvalue weighted by atomic mass is 10.2. The largest absolute Gasteiger partial charge is 0.465 e. The van der Waals surface area contributed by atoms with E-state index >= 15 is 0 Å². The maximum atomic E-state index is 12.9. The normalized spacial score (nSPS) is 11.4. The molecule has 0 saturated carbocycles. The Kier molecular flexibility index (Phi) is 3.86. The van der Waals surface area contributed by atoms with E-state index < -0.39 is 0 Å². The third-order valence-corrected chi connectivity index (χ3v) is 2.24. The Hall–Kier alpha value is -2.42. The first-order valence-electron chi connectivity index (χ1n) is 5.43. The monoisotopic (exact) mass is 242 g/mol. The van der Waals surface area contributed by atoms with Crippen LogP contribution in [0.15, 0.2) is 59.2 Å². The predicted molar refractivity (Wildman–Crippen MR) is 68.2 cm³/mol. The first-order valence-corrected chi connectivity index (χ1v) is 5.43. The van der Waals surface area contributed by atoms with Gasteiger partial charge in [-0.3, -0.25) is 4.79 Å². The number of furan rings is 1. The Morgan fingerprint density at radius 2 is 1.94 bits per heavy atom. The van der Waals surface area contributed by atoms with E-state index in [-0.39, 0.29) is 11.6 Å². The van der Waals surface area contributed by atoms with Crippen molar-refractivity contribution >= 4 is 17.9 Å². The molecule has 0 aliphatic rings. The number of hydrogen-bond donors (Lipinski definition) is 0. The van der Waals surface area contributed by atoms with Gasteiger partial charge in [0.2, 0.25) is 0 Å². The summed E-state index contributed by atoms with van der Waals surface area (Å²) in [6.45, 7) is 0. The van der Waals surface area contributed by atoms with E-state index in [0.29, 0.717) is 11.3 Å². The number of ketones is 1. The van der Waals surface area contributed by atoms with Crippen LogP contribution in [0, 0.1) is 5.82 Å². The van der Waals surface area contributed by atoms with Crippen LogP contribution in [-0.2, 0) is 4.79 Å². The van der Waals surface area contributed by atoms with Crippen molar-refractivity contribution in [2.75, 3.05) is 0 Å². The van der Waals surface area contributed by atoms with Gasteiger partial charge in [-0.2, -0.15) is 0 Å². The topological polar surface area (TPSA) is 30.2 Å². The van der Waals surface area contributed by atoms with Crippen LogP contribution in [0.1, 0.15) is 11.3 Å². The SMILES string of the molecule is O=C(/C=C/c1cccc(F)c1)/C=C/c1ccco1. The van der Waals surface area contributed by atoms with Crippen LogP contribution in [0.2, 0.25) is 0 Å². The average Bonchev–Trinajstić information content (AvgIpc) is 2.87. The lowest BCUT2D eigenvalue weighted by molar-refractivity contribution is -0.110. The van der Waals surface area contributed by atoms with E-state index in [9.17, 15) is 9.18 Å². The molecule has 3 heteroatoms. The molecular formula is C15H11FO2. The second-order valence-electron chi connectivity index (χ2n) is 3.64. The average molecular weight is 242 g/mol. The highest BCUT2D eigenvalue weighted by Gasteiger charge is 1.93. The van der Waals surface area contributed by atoms with Gasteiger partial charge in [0.1, 0.15) is 11.6 Å². The molecule has 2 rings (SSSR count). The second-order valence-corrected chi connectivity index (χ2v) is 3.64. The highest BCUT2D eigenvalue weighted by Crippen LogP contribution is 2.06. The molecule has 1 heterocycles. The molecule has 0 saturated heterocycles. The van der Waals surface area contributed by atoms with Crippen LogP contribution in [-0.4, -0.2) is 5.78 Å². The molecule has 2 aromatic rings. The molecule has 18 heavy (non-hydrogen) atoms. The lowest BCUT2D eigenvalue weighted by Crippen LogP contribution is -1.84. The van der Waals surface area contributed by atoms with E-state index in [4.69, 9.17) is 4.42 Å². The standard InChI is InChI=1S/C15H11FO2/c16-13-4-1-3-12(11-13)6-7-14(17)8-9-15-5-2-10-18-15/h1-11H/b7-6+,9-8+. The fraction of sp³-hybridized carbons (Fsp3) is 0. The van der Waals surface area contributed by atoms with E-state index in [0.717, 1.165) is 0 Å². The molecule has 90 valence electrons. The fourth-order valence-corrected chi connectivity index (χ4v) is 1.39. The van der Waals surface area contributed by atoms with Crippen molar-refractivity contribution in [3.05, 3.63) is 72.0 Å². The van der Waals surface area contributed by atoms with Gasteiger partial charge in [0.05, 0.1) is 6.26 Å². The minimum Gasteiger partial charge on any atom is -0.465 e. The first kappa shape index (κ1) is 12.0. The summed E-state index contributed by atoms with van der Waals surface area (Å²) in [4.78, 5) is 11.5. The first-order chi connectivity index (χ1) is 8.74. The molecule has 1 aromatic heterocycles. The number of allylic oxidation sites excluding steroid dienone is 2. The number of carbonyl (C=O) groups is 1. The summed E-state index contributed by atoms with van der Waals surface area (Å²) in [6.07, 6.45) is 7.46. The summed E-state index contributed by atoms with van der Waals surface area (Å²) in [5.41, 5.74) is 0.648. The van der Waals surface area contributed by atoms with Gasteiger partial charge in [0.25, 0.3) is 0 Å². The zero-order valence-corrected chi connectivity index (χ0v) is 9.55. The number of rotatable bonds is 4. The van der Waals surface area contributed by atoms with Gasteiger partial charge >= 0.3 is 0 Å². The van der Waals surface area contributed by atoms with E-state index in [1.54, 1.807) is 36.4 Å². The Morgan fingerprint density at radius 1 is 1.11 bits per heavy atom. The maximum Gasteiger partial charge on any atom is 0.178 e. The number of benzene rings is 1. The van der Waals surface area contributed by atoms with Crippen LogP contribution in [0.3, 0.4) is 0 Å². The lowest BCUT2D eigenvalue weighted by Gasteiger charge is -1.92. The molecule has 0 radical (unpaired) electrons. The van der Waals surface area contributed by atoms with Gasteiger partial charge in [-0.15, -0.1) is 0 Å². The smallest absolute Gasteiger partial charge is 0.178 e. The number of hydrogen-bond acceptors (Lipinski definition) is 2. The van der Waals surface area contributed by atoms with Crippen molar-refractivity contribution in [1.82, 2.24) is 0 Å². The van der Waals surface area contributed by atoms with Crippen LogP contribution in [0.25, 0.3) is 12.2 Å². The molecule has 1 aromatic carbocycles. The van der Waals surface area contributed by atoms with Crippen molar-refractivity contribution in [3.63, 3.8) is 0 Å². The summed E-state index contributed by atoms with van der Waals surface area (Å²) in [7, 11) is 0. The van der Waals surface area contributed by atoms with Crippen molar-refractivity contribution in [2.45, 2.75) is 0 Å². The maximum absolute atomic E-state index is 12.9. The van der Waals surface area contributed by atoms with Crippen LogP contribution < -0.4 is 0 Å². The van der Waals surface area contributed by atoms with Crippen LogP contribution in [0.4, 0.5) is 4.39 Å². The minimum absolute atomic E-state index is 0.185. The Bertz CT molecular complexity index is 580. The summed E-state index contributed by atoms with van der Waals surface area (Å²) < 4.78 is 17.9. The summed E-state index contributed by atoms with van der Waals surface area (Å²) in [5, 5.41) is 0. The van der Waals surface area contributed by atoms with Gasteiger partial charge in [-0.25, -0.2) is 4.39 Å². The van der Waals surface area contributed by atoms with Gasteiger partial charge in [-0.1, -0.05) is 18.2 Å². The van der Waals surface area contributed by atoms with E-state index in [1.165, 1.54) is 30.5 Å². The van der Waals surface area contributed by atoms with Crippen molar-refractivity contribution in [3.8, 4) is 0 Å². The third-order valence-electron chi connectivity index (χ3n) is 2.24. The van der Waals surface area contributed by atoms with Crippen molar-refractivity contribution in [2.24, 2.45) is 0 Å². The molecular weight excluding hydrogens is 231 g/mol. The van der Waals surface area contributed by atoms with E-state index in [1.807, 2.05) is 0 Å². The quantitative estimate of drug-likeness (QED) is 0.765. The molecule has 0 fully saturated rings. The highest BCUT2D eigenvalue weighted by atomic mass is 19.1. The molecule has 0 amide bonds. The van der Waals surface area contributed by atoms with E-state index in [2.05, 4.69) is 0 Å². The zero-order chi connectivity index (χ0) is 12.8. The van der Waals surface area contributed by atoms with Gasteiger partial charge in [0, 0.05) is 0 Å². The van der Waals surface area contributed by atoms with Gasteiger partial charge in [0.15, 0.2) is 5.78 Å². The number of halogens is 1. The molecule has 0 atom stereocenters. The van der Waals surface area contributed by atoms with Crippen molar-refractivity contribution in [1.29, 1.82) is 0 Å². The minimum atomic E-state index is -0.323. The molecule has 2 nitrogen and oxygen atoms in total. The van der Waals surface area contributed by atoms with Gasteiger partial charge in [-0.05, 0) is 48.1 Å². The zero-order valence-electron chi connectivity index (χ0n) is 9.55. The summed E-state index contributed by atoms with van der Waals surface area (Å²) in [5.74, 6) is 0.105. The molecule has 0 unspecified atom stereocenters. The number of carbonyl (C=O) groups excluding carboxylic acids is 1. The molecule has 0 spiro atoms.